The normalized spacial score (nSPS) is 38.8. The van der Waals surface area contributed by atoms with Crippen LogP contribution in [0.5, 0.6) is 0 Å². The molecule has 3 aliphatic heterocycles. The van der Waals surface area contributed by atoms with Crippen LogP contribution in [0.1, 0.15) is 37.7 Å². The predicted molar refractivity (Wildman–Crippen MR) is 107 cm³/mol. The molecule has 3 fully saturated rings. The van der Waals surface area contributed by atoms with Crippen molar-refractivity contribution in [1.29, 1.82) is 0 Å². The minimum Gasteiger partial charge on any atom is -0.466 e. The summed E-state index contributed by atoms with van der Waals surface area (Å²) in [4.78, 5) is 30.8. The lowest BCUT2D eigenvalue weighted by atomic mass is 9.42. The molecule has 1 saturated carbocycles. The summed E-state index contributed by atoms with van der Waals surface area (Å²) < 4.78 is 10.6. The largest absolute Gasteiger partial charge is 0.466 e. The monoisotopic (exact) mass is 394 g/mol. The van der Waals surface area contributed by atoms with Crippen molar-refractivity contribution in [2.24, 2.45) is 5.41 Å². The van der Waals surface area contributed by atoms with Crippen LogP contribution in [0.2, 0.25) is 0 Å². The van der Waals surface area contributed by atoms with Crippen LogP contribution < -0.4 is 4.90 Å². The molecule has 3 spiro atoms. The van der Waals surface area contributed by atoms with Crippen LogP contribution in [0.25, 0.3) is 0 Å². The minimum absolute atomic E-state index is 0.0285. The van der Waals surface area contributed by atoms with Gasteiger partial charge in [-0.3, -0.25) is 9.80 Å². The fraction of sp³-hybridized carbons (Fsp3) is 0.565. The first kappa shape index (κ1) is 17.5. The summed E-state index contributed by atoms with van der Waals surface area (Å²) in [5, 5.41) is 0. The molecule has 3 aliphatic carbocycles. The molecule has 29 heavy (non-hydrogen) atoms. The number of esters is 1. The van der Waals surface area contributed by atoms with E-state index < -0.39 is 11.6 Å². The van der Waals surface area contributed by atoms with Gasteiger partial charge < -0.3 is 9.47 Å². The number of carbonyl (C=O) groups excluding carboxylic acids is 2. The van der Waals surface area contributed by atoms with Gasteiger partial charge in [-0.15, -0.1) is 0 Å². The molecule has 0 unspecified atom stereocenters. The number of benzene rings is 1. The molecule has 7 rings (SSSR count). The Morgan fingerprint density at radius 1 is 1.03 bits per heavy atom. The molecule has 4 atom stereocenters. The number of piperidine rings is 1. The van der Waals surface area contributed by atoms with Gasteiger partial charge >= 0.3 is 12.1 Å². The van der Waals surface area contributed by atoms with Crippen LogP contribution in [0.4, 0.5) is 10.5 Å². The van der Waals surface area contributed by atoms with Gasteiger partial charge in [0.2, 0.25) is 0 Å². The molecule has 1 aromatic rings. The Hall–Kier alpha value is -2.34. The van der Waals surface area contributed by atoms with Crippen LogP contribution in [-0.2, 0) is 19.7 Å². The van der Waals surface area contributed by atoms with Gasteiger partial charge in [-0.05, 0) is 56.8 Å². The zero-order chi connectivity index (χ0) is 20.0. The SMILES string of the molecule is COC(=O)C1=C[C@@]23CCCN4CC[C@@]5(c6ccccc6N(C(=O)OC)[C@]15CC2)[C@@H]43. The van der Waals surface area contributed by atoms with Crippen molar-refractivity contribution in [3.05, 3.63) is 41.5 Å². The number of rotatable bonds is 1. The highest BCUT2D eigenvalue weighted by Crippen LogP contribution is 2.74. The average Bonchev–Trinajstić information content (AvgIpc) is 3.29. The quantitative estimate of drug-likeness (QED) is 0.686. The summed E-state index contributed by atoms with van der Waals surface area (Å²) in [6.45, 7) is 2.09. The maximum atomic E-state index is 13.2. The van der Waals surface area contributed by atoms with Crippen LogP contribution in [0.15, 0.2) is 35.9 Å². The molecule has 1 aromatic carbocycles. The van der Waals surface area contributed by atoms with Gasteiger partial charge in [0.25, 0.3) is 0 Å². The lowest BCUT2D eigenvalue weighted by Gasteiger charge is -2.66. The Morgan fingerprint density at radius 2 is 1.86 bits per heavy atom. The van der Waals surface area contributed by atoms with E-state index in [0.717, 1.165) is 50.9 Å². The van der Waals surface area contributed by atoms with Gasteiger partial charge in [-0.25, -0.2) is 9.59 Å². The fourth-order valence-corrected chi connectivity index (χ4v) is 7.95. The van der Waals surface area contributed by atoms with Gasteiger partial charge in [-0.1, -0.05) is 24.3 Å². The van der Waals surface area contributed by atoms with Crippen molar-refractivity contribution in [1.82, 2.24) is 4.90 Å². The number of fused-ring (bicyclic) bond motifs is 2. The Morgan fingerprint density at radius 3 is 2.66 bits per heavy atom. The standard InChI is InChI=1S/C23H26N2O4/c1-28-18(26)16-14-21-8-5-12-24-13-11-22(19(21)24)15-6-3-4-7-17(15)25(20(27)29-2)23(16,22)10-9-21/h3-4,6-7,14,19H,5,8-13H2,1-2H3/t19-,21+,22+,23+/m0/s1. The summed E-state index contributed by atoms with van der Waals surface area (Å²) in [5.74, 6) is -0.312. The number of hydrogen-bond acceptors (Lipinski definition) is 5. The second-order valence-electron chi connectivity index (χ2n) is 9.23. The van der Waals surface area contributed by atoms with Crippen LogP contribution in [0, 0.1) is 5.41 Å². The molecular formula is C23H26N2O4. The van der Waals surface area contributed by atoms with E-state index in [1.807, 2.05) is 12.1 Å². The summed E-state index contributed by atoms with van der Waals surface area (Å²) in [7, 11) is 2.86. The summed E-state index contributed by atoms with van der Waals surface area (Å²) in [6.07, 6.45) is 6.73. The van der Waals surface area contributed by atoms with E-state index in [1.165, 1.54) is 19.8 Å². The molecule has 152 valence electrons. The van der Waals surface area contributed by atoms with E-state index in [9.17, 15) is 9.59 Å². The average molecular weight is 394 g/mol. The van der Waals surface area contributed by atoms with Crippen LogP contribution in [0.3, 0.4) is 0 Å². The predicted octanol–water partition coefficient (Wildman–Crippen LogP) is 3.01. The molecule has 6 heteroatoms. The lowest BCUT2D eigenvalue weighted by molar-refractivity contribution is -0.139. The molecule has 0 aromatic heterocycles. The molecule has 3 heterocycles. The number of para-hydroxylation sites is 1. The fourth-order valence-electron chi connectivity index (χ4n) is 7.95. The lowest BCUT2D eigenvalue weighted by Crippen LogP contribution is -2.75. The Bertz CT molecular complexity index is 973. The summed E-state index contributed by atoms with van der Waals surface area (Å²) in [6, 6.07) is 8.51. The van der Waals surface area contributed by atoms with Crippen molar-refractivity contribution in [3.8, 4) is 0 Å². The zero-order valence-corrected chi connectivity index (χ0v) is 16.9. The van der Waals surface area contributed by atoms with Gasteiger partial charge in [0.05, 0.1) is 31.0 Å². The number of methoxy groups -OCH3 is 2. The maximum Gasteiger partial charge on any atom is 0.414 e. The molecule has 1 amide bonds. The third-order valence-electron chi connectivity index (χ3n) is 8.59. The number of ether oxygens (including phenoxy) is 2. The Balaban J connectivity index is 1.73. The van der Waals surface area contributed by atoms with Crippen molar-refractivity contribution in [3.63, 3.8) is 0 Å². The van der Waals surface area contributed by atoms with Crippen molar-refractivity contribution >= 4 is 17.7 Å². The van der Waals surface area contributed by atoms with Crippen molar-refractivity contribution in [2.45, 2.75) is 49.1 Å². The molecular weight excluding hydrogens is 368 g/mol. The Kier molecular flexibility index (Phi) is 3.27. The minimum atomic E-state index is -0.741. The highest BCUT2D eigenvalue weighted by molar-refractivity contribution is 6.03. The van der Waals surface area contributed by atoms with E-state index in [2.05, 4.69) is 23.1 Å². The first-order valence-electron chi connectivity index (χ1n) is 10.6. The molecule has 0 N–H and O–H groups in total. The number of nitrogens with zero attached hydrogens (tertiary/aromatic N) is 2. The smallest absolute Gasteiger partial charge is 0.414 e. The maximum absolute atomic E-state index is 13.2. The highest BCUT2D eigenvalue weighted by Gasteiger charge is 2.79. The number of anilines is 1. The van der Waals surface area contributed by atoms with E-state index in [0.29, 0.717) is 11.6 Å². The third-order valence-corrected chi connectivity index (χ3v) is 8.59. The molecule has 6 aliphatic rings. The number of carbonyl (C=O) groups is 2. The summed E-state index contributed by atoms with van der Waals surface area (Å²) >= 11 is 0. The molecule has 0 radical (unpaired) electrons. The van der Waals surface area contributed by atoms with Gasteiger partial charge in [0, 0.05) is 16.9 Å². The third kappa shape index (κ3) is 1.67. The van der Waals surface area contributed by atoms with Crippen LogP contribution in [-0.4, -0.2) is 55.9 Å². The van der Waals surface area contributed by atoms with E-state index in [4.69, 9.17) is 9.47 Å². The van der Waals surface area contributed by atoms with E-state index in [-0.39, 0.29) is 16.8 Å². The molecule has 2 bridgehead atoms. The van der Waals surface area contributed by atoms with Crippen LogP contribution >= 0.6 is 0 Å². The Labute approximate surface area is 170 Å². The number of amides is 1. The second-order valence-corrected chi connectivity index (χ2v) is 9.23. The van der Waals surface area contributed by atoms with Gasteiger partial charge in [0.15, 0.2) is 0 Å². The summed E-state index contributed by atoms with van der Waals surface area (Å²) in [5.41, 5.74) is 1.68. The topological polar surface area (TPSA) is 59.1 Å². The van der Waals surface area contributed by atoms with Gasteiger partial charge in [0.1, 0.15) is 0 Å². The van der Waals surface area contributed by atoms with Crippen molar-refractivity contribution < 1.29 is 19.1 Å². The number of hydrogen-bond donors (Lipinski definition) is 0. The first-order chi connectivity index (χ1) is 14.1. The first-order valence-corrected chi connectivity index (χ1v) is 10.6. The van der Waals surface area contributed by atoms with E-state index >= 15 is 0 Å². The van der Waals surface area contributed by atoms with E-state index in [1.54, 1.807) is 4.90 Å². The molecule has 6 nitrogen and oxygen atoms in total. The zero-order valence-electron chi connectivity index (χ0n) is 16.9. The highest BCUT2D eigenvalue weighted by atomic mass is 16.5. The van der Waals surface area contributed by atoms with Gasteiger partial charge in [-0.2, -0.15) is 0 Å². The second kappa shape index (κ2) is 5.42. The van der Waals surface area contributed by atoms with Crippen molar-refractivity contribution in [2.75, 3.05) is 32.2 Å². The molecule has 2 saturated heterocycles.